The zero-order valence-electron chi connectivity index (χ0n) is 20.0. The van der Waals surface area contributed by atoms with Crippen molar-refractivity contribution in [3.8, 4) is 23.3 Å². The van der Waals surface area contributed by atoms with Crippen LogP contribution in [0.1, 0.15) is 12.5 Å². The van der Waals surface area contributed by atoms with E-state index >= 15 is 0 Å². The maximum Gasteiger partial charge on any atom is 0.339 e. The number of rotatable bonds is 10. The largest absolute Gasteiger partial charge is 0.495 e. The summed E-state index contributed by atoms with van der Waals surface area (Å²) in [5.41, 5.74) is -0.475. The molecular formula is C25H20ClN3O8S. The number of nitriles is 1. The molecule has 0 aromatic heterocycles. The lowest BCUT2D eigenvalue weighted by atomic mass is 10.1. The smallest absolute Gasteiger partial charge is 0.339 e. The maximum absolute atomic E-state index is 12.8. The molecule has 196 valence electrons. The van der Waals surface area contributed by atoms with Crippen molar-refractivity contribution in [1.82, 2.24) is 0 Å². The summed E-state index contributed by atoms with van der Waals surface area (Å²) in [6, 6.07) is 15.4. The van der Waals surface area contributed by atoms with Gasteiger partial charge in [0.1, 0.15) is 22.3 Å². The summed E-state index contributed by atoms with van der Waals surface area (Å²) >= 11 is 6.32. The number of nitro groups is 1. The molecule has 1 amide bonds. The highest BCUT2D eigenvalue weighted by molar-refractivity contribution is 7.87. The second-order valence-corrected chi connectivity index (χ2v) is 9.33. The van der Waals surface area contributed by atoms with Gasteiger partial charge < -0.3 is 19.0 Å². The van der Waals surface area contributed by atoms with Crippen molar-refractivity contribution in [2.45, 2.75) is 11.8 Å². The van der Waals surface area contributed by atoms with Gasteiger partial charge in [0.05, 0.1) is 29.4 Å². The van der Waals surface area contributed by atoms with Crippen molar-refractivity contribution in [3.05, 3.63) is 86.9 Å². The Morgan fingerprint density at radius 2 is 1.87 bits per heavy atom. The van der Waals surface area contributed by atoms with Crippen molar-refractivity contribution in [3.63, 3.8) is 0 Å². The van der Waals surface area contributed by atoms with Gasteiger partial charge in [0.15, 0.2) is 5.75 Å². The van der Waals surface area contributed by atoms with Gasteiger partial charge >= 0.3 is 10.1 Å². The van der Waals surface area contributed by atoms with Gasteiger partial charge in [-0.1, -0.05) is 29.8 Å². The zero-order chi connectivity index (χ0) is 27.9. The van der Waals surface area contributed by atoms with Crippen LogP contribution < -0.4 is 19.0 Å². The average molecular weight is 558 g/mol. The zero-order valence-corrected chi connectivity index (χ0v) is 21.6. The number of benzene rings is 3. The van der Waals surface area contributed by atoms with Crippen molar-refractivity contribution >= 4 is 45.1 Å². The normalized spacial score (nSPS) is 11.3. The number of amides is 1. The number of anilines is 1. The topological polar surface area (TPSA) is 158 Å². The number of halogens is 1. The van der Waals surface area contributed by atoms with E-state index in [2.05, 4.69) is 5.32 Å². The lowest BCUT2D eigenvalue weighted by Gasteiger charge is -2.14. The van der Waals surface area contributed by atoms with E-state index in [-0.39, 0.29) is 56.3 Å². The Bertz CT molecular complexity index is 1550. The molecule has 0 bridgehead atoms. The third-order valence-electron chi connectivity index (χ3n) is 4.87. The van der Waals surface area contributed by atoms with Crippen molar-refractivity contribution in [2.75, 3.05) is 19.0 Å². The van der Waals surface area contributed by atoms with Crippen LogP contribution in [0.2, 0.25) is 5.02 Å². The molecule has 0 radical (unpaired) electrons. The van der Waals surface area contributed by atoms with Gasteiger partial charge in [0, 0.05) is 12.1 Å². The number of nitrogens with one attached hydrogen (secondary N) is 1. The fourth-order valence-corrected chi connectivity index (χ4v) is 4.45. The minimum atomic E-state index is -4.24. The molecule has 0 saturated carbocycles. The molecule has 0 fully saturated rings. The van der Waals surface area contributed by atoms with Crippen LogP contribution in [0.15, 0.2) is 71.1 Å². The predicted molar refractivity (Wildman–Crippen MR) is 139 cm³/mol. The molecule has 0 aliphatic carbocycles. The molecule has 0 heterocycles. The number of hydrogen-bond acceptors (Lipinski definition) is 9. The van der Waals surface area contributed by atoms with Crippen LogP contribution in [0.5, 0.6) is 17.2 Å². The Balaban J connectivity index is 1.96. The summed E-state index contributed by atoms with van der Waals surface area (Å²) in [6.45, 7) is 1.79. The monoisotopic (exact) mass is 557 g/mol. The number of nitrogens with zero attached hydrogens (tertiary/aromatic N) is 2. The van der Waals surface area contributed by atoms with Gasteiger partial charge in [-0.15, -0.1) is 0 Å². The number of carbonyl (C=O) groups excluding carboxylic acids is 1. The van der Waals surface area contributed by atoms with Gasteiger partial charge in [-0.05, 0) is 48.9 Å². The highest BCUT2D eigenvalue weighted by Gasteiger charge is 2.23. The first-order valence-electron chi connectivity index (χ1n) is 10.8. The summed E-state index contributed by atoms with van der Waals surface area (Å²) < 4.78 is 41.3. The Kier molecular flexibility index (Phi) is 8.90. The maximum atomic E-state index is 12.8. The van der Waals surface area contributed by atoms with Crippen molar-refractivity contribution in [1.29, 1.82) is 5.26 Å². The van der Waals surface area contributed by atoms with E-state index in [4.69, 9.17) is 25.3 Å². The molecule has 0 spiro atoms. The summed E-state index contributed by atoms with van der Waals surface area (Å²) in [4.78, 5) is 23.2. The van der Waals surface area contributed by atoms with E-state index in [9.17, 15) is 28.6 Å². The van der Waals surface area contributed by atoms with Gasteiger partial charge in [0.2, 0.25) is 5.75 Å². The molecule has 13 heteroatoms. The molecule has 3 aromatic carbocycles. The van der Waals surface area contributed by atoms with Crippen molar-refractivity contribution < 1.29 is 31.8 Å². The minimum absolute atomic E-state index is 0.0178. The standard InChI is InChI=1S/C25H20ClN3O8S/c1-3-36-23-13-16(12-20(26)24(23)37-38(33,34)19-7-5-4-6-8-19)11-17(15-27)25(30)28-21-14-18(29(31)32)9-10-22(21)35-2/h4-14H,3H2,1-2H3,(H,28,30)/b17-11+. The van der Waals surface area contributed by atoms with Crippen LogP contribution in [0.3, 0.4) is 0 Å². The molecule has 38 heavy (non-hydrogen) atoms. The van der Waals surface area contributed by atoms with Gasteiger partial charge in [-0.3, -0.25) is 14.9 Å². The molecule has 3 aromatic rings. The molecule has 11 nitrogen and oxygen atoms in total. The summed E-state index contributed by atoms with van der Waals surface area (Å²) in [6.07, 6.45) is 1.18. The molecule has 0 aliphatic heterocycles. The molecule has 0 atom stereocenters. The second kappa shape index (κ2) is 12.1. The van der Waals surface area contributed by atoms with Gasteiger partial charge in [0.25, 0.3) is 11.6 Å². The molecular weight excluding hydrogens is 538 g/mol. The first-order chi connectivity index (χ1) is 18.1. The summed E-state index contributed by atoms with van der Waals surface area (Å²) in [5.74, 6) is -1.04. The van der Waals surface area contributed by atoms with Gasteiger partial charge in [-0.25, -0.2) is 0 Å². The van der Waals surface area contributed by atoms with E-state index < -0.39 is 20.9 Å². The van der Waals surface area contributed by atoms with Crippen LogP contribution in [-0.4, -0.2) is 33.0 Å². The van der Waals surface area contributed by atoms with E-state index in [0.29, 0.717) is 0 Å². The molecule has 1 N–H and O–H groups in total. The van der Waals surface area contributed by atoms with Crippen LogP contribution in [0, 0.1) is 21.4 Å². The third-order valence-corrected chi connectivity index (χ3v) is 6.39. The molecule has 0 aliphatic rings. The highest BCUT2D eigenvalue weighted by atomic mass is 35.5. The van der Waals surface area contributed by atoms with E-state index in [1.54, 1.807) is 19.1 Å². The van der Waals surface area contributed by atoms with Gasteiger partial charge in [-0.2, -0.15) is 13.7 Å². The number of carbonyl (C=O) groups is 1. The number of ether oxygens (including phenoxy) is 2. The first-order valence-corrected chi connectivity index (χ1v) is 12.6. The van der Waals surface area contributed by atoms with Crippen LogP contribution >= 0.6 is 11.6 Å². The SMILES string of the molecule is CCOc1cc(/C=C(\C#N)C(=O)Nc2cc([N+](=O)[O-])ccc2OC)cc(Cl)c1OS(=O)(=O)c1ccccc1. The Morgan fingerprint density at radius 1 is 1.16 bits per heavy atom. The minimum Gasteiger partial charge on any atom is -0.495 e. The fraction of sp³-hybridized carbons (Fsp3) is 0.120. The predicted octanol–water partition coefficient (Wildman–Crippen LogP) is 4.97. The summed E-state index contributed by atoms with van der Waals surface area (Å²) in [5, 5.41) is 23.0. The average Bonchev–Trinajstić information content (AvgIpc) is 2.89. The summed E-state index contributed by atoms with van der Waals surface area (Å²) in [7, 11) is -2.92. The number of nitro benzene ring substituents is 1. The number of non-ortho nitro benzene ring substituents is 1. The number of hydrogen-bond donors (Lipinski definition) is 1. The quantitative estimate of drug-likeness (QED) is 0.119. The Hall–Kier alpha value is -4.60. The molecule has 0 unspecified atom stereocenters. The lowest BCUT2D eigenvalue weighted by molar-refractivity contribution is -0.384. The fourth-order valence-electron chi connectivity index (χ4n) is 3.17. The Labute approximate surface area is 223 Å². The molecule has 3 rings (SSSR count). The van der Waals surface area contributed by atoms with E-state index in [1.807, 2.05) is 0 Å². The second-order valence-electron chi connectivity index (χ2n) is 7.38. The van der Waals surface area contributed by atoms with E-state index in [1.165, 1.54) is 61.7 Å². The van der Waals surface area contributed by atoms with Crippen LogP contribution in [0.4, 0.5) is 11.4 Å². The number of methoxy groups -OCH3 is 1. The third kappa shape index (κ3) is 6.58. The van der Waals surface area contributed by atoms with Crippen LogP contribution in [0.25, 0.3) is 6.08 Å². The Morgan fingerprint density at radius 3 is 2.47 bits per heavy atom. The lowest BCUT2D eigenvalue weighted by Crippen LogP contribution is -2.14. The molecule has 0 saturated heterocycles. The van der Waals surface area contributed by atoms with Crippen molar-refractivity contribution in [2.24, 2.45) is 0 Å². The highest BCUT2D eigenvalue weighted by Crippen LogP contribution is 2.39. The van der Waals surface area contributed by atoms with Crippen LogP contribution in [-0.2, 0) is 14.9 Å². The van der Waals surface area contributed by atoms with E-state index in [0.717, 1.165) is 6.07 Å². The first kappa shape index (κ1) is 28.0.